The topological polar surface area (TPSA) is 25.8 Å². The van der Waals surface area contributed by atoms with Crippen LogP contribution >= 0.6 is 12.6 Å². The maximum absolute atomic E-state index is 4.51. The van der Waals surface area contributed by atoms with Gasteiger partial charge in [-0.2, -0.15) is 12.6 Å². The second-order valence-corrected chi connectivity index (χ2v) is 4.51. The van der Waals surface area contributed by atoms with Crippen LogP contribution in [0.25, 0.3) is 11.3 Å². The predicted molar refractivity (Wildman–Crippen MR) is 74.4 cm³/mol. The zero-order valence-electron chi connectivity index (χ0n) is 10.4. The Morgan fingerprint density at radius 1 is 1.06 bits per heavy atom. The molecule has 0 aliphatic heterocycles. The average molecular weight is 244 g/mol. The number of rotatable bonds is 2. The second-order valence-electron chi connectivity index (χ2n) is 4.20. The number of hydrogen-bond acceptors (Lipinski definition) is 3. The molecule has 2 rings (SSSR count). The van der Waals surface area contributed by atoms with Crippen molar-refractivity contribution in [3.63, 3.8) is 0 Å². The quantitative estimate of drug-likeness (QED) is 0.818. The van der Waals surface area contributed by atoms with Gasteiger partial charge in [0.05, 0.1) is 11.4 Å². The third kappa shape index (κ3) is 2.34. The first kappa shape index (κ1) is 12.1. The van der Waals surface area contributed by atoms with E-state index in [0.29, 0.717) is 5.75 Å². The molecule has 17 heavy (non-hydrogen) atoms. The fourth-order valence-electron chi connectivity index (χ4n) is 1.86. The van der Waals surface area contributed by atoms with E-state index in [0.717, 1.165) is 11.5 Å². The van der Waals surface area contributed by atoms with Crippen LogP contribution in [0.3, 0.4) is 0 Å². The van der Waals surface area contributed by atoms with Gasteiger partial charge in [-0.3, -0.25) is 0 Å². The average Bonchev–Trinajstić information content (AvgIpc) is 2.36. The van der Waals surface area contributed by atoms with Crippen molar-refractivity contribution in [2.24, 2.45) is 0 Å². The largest absolute Gasteiger partial charge is 0.240 e. The van der Waals surface area contributed by atoms with E-state index < -0.39 is 0 Å². The van der Waals surface area contributed by atoms with Gasteiger partial charge in [0.25, 0.3) is 0 Å². The predicted octanol–water partition coefficient (Wildman–Crippen LogP) is 3.50. The highest BCUT2D eigenvalue weighted by molar-refractivity contribution is 7.79. The third-order valence-corrected chi connectivity index (χ3v) is 3.46. The lowest BCUT2D eigenvalue weighted by Gasteiger charge is -2.11. The maximum atomic E-state index is 4.51. The first-order valence-corrected chi connectivity index (χ1v) is 6.26. The summed E-state index contributed by atoms with van der Waals surface area (Å²) in [4.78, 5) is 8.67. The zero-order valence-corrected chi connectivity index (χ0v) is 11.3. The summed E-state index contributed by atoms with van der Waals surface area (Å²) < 4.78 is 0. The minimum absolute atomic E-state index is 0.567. The van der Waals surface area contributed by atoms with Crippen LogP contribution in [-0.4, -0.2) is 9.97 Å². The fourth-order valence-corrected chi connectivity index (χ4v) is 2.01. The molecule has 1 heterocycles. The smallest absolute Gasteiger partial charge is 0.138 e. The highest BCUT2D eigenvalue weighted by Crippen LogP contribution is 2.25. The molecule has 3 heteroatoms. The number of aromatic nitrogens is 2. The highest BCUT2D eigenvalue weighted by atomic mass is 32.1. The van der Waals surface area contributed by atoms with E-state index in [4.69, 9.17) is 0 Å². The van der Waals surface area contributed by atoms with Crippen molar-refractivity contribution in [2.45, 2.75) is 26.5 Å². The van der Waals surface area contributed by atoms with E-state index in [-0.39, 0.29) is 0 Å². The van der Waals surface area contributed by atoms with Gasteiger partial charge in [0.2, 0.25) is 0 Å². The highest BCUT2D eigenvalue weighted by Gasteiger charge is 2.07. The molecule has 2 aromatic rings. The van der Waals surface area contributed by atoms with Gasteiger partial charge in [0, 0.05) is 11.8 Å². The van der Waals surface area contributed by atoms with E-state index >= 15 is 0 Å². The Labute approximate surface area is 108 Å². The van der Waals surface area contributed by atoms with Crippen molar-refractivity contribution in [3.05, 3.63) is 46.9 Å². The Hall–Kier alpha value is -1.35. The van der Waals surface area contributed by atoms with Gasteiger partial charge in [-0.15, -0.1) is 0 Å². The maximum Gasteiger partial charge on any atom is 0.138 e. The van der Waals surface area contributed by atoms with Crippen LogP contribution < -0.4 is 0 Å². The first-order valence-electron chi connectivity index (χ1n) is 5.63. The molecule has 1 aromatic heterocycles. The summed E-state index contributed by atoms with van der Waals surface area (Å²) in [7, 11) is 0. The summed E-state index contributed by atoms with van der Waals surface area (Å²) in [6.07, 6.45) is 1.79. The molecule has 0 unspecified atom stereocenters. The summed E-state index contributed by atoms with van der Waals surface area (Å²) in [5, 5.41) is 0. The molecule has 1 aromatic carbocycles. The Bertz CT molecular complexity index is 550. The molecule has 0 aliphatic rings. The molecule has 0 saturated heterocycles. The van der Waals surface area contributed by atoms with Crippen molar-refractivity contribution < 1.29 is 0 Å². The lowest BCUT2D eigenvalue weighted by atomic mass is 9.97. The molecule has 0 bridgehead atoms. The summed E-state index contributed by atoms with van der Waals surface area (Å²) in [5.74, 6) is 1.33. The van der Waals surface area contributed by atoms with Crippen LogP contribution in [0.4, 0.5) is 0 Å². The molecule has 88 valence electrons. The minimum atomic E-state index is 0.567. The number of nitrogens with zero attached hydrogens (tertiary/aromatic N) is 2. The van der Waals surface area contributed by atoms with E-state index in [2.05, 4.69) is 55.5 Å². The number of hydrogen-bond donors (Lipinski definition) is 1. The van der Waals surface area contributed by atoms with Crippen LogP contribution in [0.15, 0.2) is 24.4 Å². The van der Waals surface area contributed by atoms with E-state index in [1.165, 1.54) is 22.3 Å². The lowest BCUT2D eigenvalue weighted by Crippen LogP contribution is -1.96. The third-order valence-electron chi connectivity index (χ3n) is 3.18. The summed E-state index contributed by atoms with van der Waals surface area (Å²) in [5.41, 5.74) is 6.08. The Balaban J connectivity index is 2.56. The fraction of sp³-hybridized carbons (Fsp3) is 0.286. The summed E-state index contributed by atoms with van der Waals surface area (Å²) in [6.45, 7) is 6.42. The second kappa shape index (κ2) is 4.88. The Kier molecular flexibility index (Phi) is 3.48. The summed E-state index contributed by atoms with van der Waals surface area (Å²) in [6, 6.07) is 6.21. The van der Waals surface area contributed by atoms with Crippen molar-refractivity contribution in [1.29, 1.82) is 0 Å². The molecule has 0 amide bonds. The molecular formula is C14H16N2S. The Morgan fingerprint density at radius 2 is 1.82 bits per heavy atom. The molecule has 0 atom stereocenters. The molecule has 0 N–H and O–H groups in total. The number of thiol groups is 1. The van der Waals surface area contributed by atoms with Crippen LogP contribution in [0.5, 0.6) is 0 Å². The van der Waals surface area contributed by atoms with Gasteiger partial charge in [0.1, 0.15) is 5.82 Å². The summed E-state index contributed by atoms with van der Waals surface area (Å²) >= 11 is 4.21. The number of benzene rings is 1. The van der Waals surface area contributed by atoms with Gasteiger partial charge in [-0.05, 0) is 43.5 Å². The van der Waals surface area contributed by atoms with Gasteiger partial charge in [-0.25, -0.2) is 9.97 Å². The molecule has 0 radical (unpaired) electrons. The van der Waals surface area contributed by atoms with E-state index in [1.807, 2.05) is 6.07 Å². The van der Waals surface area contributed by atoms with Crippen molar-refractivity contribution in [1.82, 2.24) is 9.97 Å². The van der Waals surface area contributed by atoms with Crippen molar-refractivity contribution >= 4 is 12.6 Å². The van der Waals surface area contributed by atoms with Gasteiger partial charge in [0.15, 0.2) is 0 Å². The Morgan fingerprint density at radius 3 is 2.53 bits per heavy atom. The molecule has 0 aliphatic carbocycles. The van der Waals surface area contributed by atoms with Gasteiger partial charge >= 0.3 is 0 Å². The number of aryl methyl sites for hydroxylation is 1. The van der Waals surface area contributed by atoms with Crippen LogP contribution in [-0.2, 0) is 5.75 Å². The first-order chi connectivity index (χ1) is 8.13. The van der Waals surface area contributed by atoms with E-state index in [9.17, 15) is 0 Å². The zero-order chi connectivity index (χ0) is 12.4. The van der Waals surface area contributed by atoms with Crippen molar-refractivity contribution in [3.8, 4) is 11.3 Å². The van der Waals surface area contributed by atoms with E-state index in [1.54, 1.807) is 6.20 Å². The van der Waals surface area contributed by atoms with Gasteiger partial charge in [-0.1, -0.05) is 12.1 Å². The molecule has 0 saturated carbocycles. The molecular weight excluding hydrogens is 228 g/mol. The van der Waals surface area contributed by atoms with Gasteiger partial charge < -0.3 is 0 Å². The lowest BCUT2D eigenvalue weighted by molar-refractivity contribution is 1.04. The molecule has 2 nitrogen and oxygen atoms in total. The van der Waals surface area contributed by atoms with Crippen LogP contribution in [0.1, 0.15) is 22.5 Å². The molecule has 0 fully saturated rings. The molecule has 0 spiro atoms. The van der Waals surface area contributed by atoms with Crippen LogP contribution in [0, 0.1) is 20.8 Å². The SMILES string of the molecule is Cc1ccc(-c2ccnc(CS)n2)c(C)c1C. The van der Waals surface area contributed by atoms with Crippen molar-refractivity contribution in [2.75, 3.05) is 0 Å². The monoisotopic (exact) mass is 244 g/mol. The van der Waals surface area contributed by atoms with Crippen LogP contribution in [0.2, 0.25) is 0 Å². The minimum Gasteiger partial charge on any atom is -0.240 e. The standard InChI is InChI=1S/C14H16N2S/c1-9-4-5-12(11(3)10(9)2)13-6-7-15-14(8-17)16-13/h4-7,17H,8H2,1-3H3. The normalized spacial score (nSPS) is 10.6.